The van der Waals surface area contributed by atoms with Crippen molar-refractivity contribution in [3.05, 3.63) is 53.6 Å². The normalized spacial score (nSPS) is 18.0. The minimum atomic E-state index is -4.31. The van der Waals surface area contributed by atoms with Crippen molar-refractivity contribution in [2.24, 2.45) is 0 Å². The highest BCUT2D eigenvalue weighted by Crippen LogP contribution is 2.33. The molecule has 0 radical (unpaired) electrons. The van der Waals surface area contributed by atoms with E-state index in [2.05, 4.69) is 5.32 Å². The van der Waals surface area contributed by atoms with E-state index in [-0.39, 0.29) is 0 Å². The van der Waals surface area contributed by atoms with Gasteiger partial charge in [-0.25, -0.2) is 0 Å². The zero-order valence-corrected chi connectivity index (χ0v) is 11.1. The molecule has 0 saturated heterocycles. The number of hydrogen-bond donors (Lipinski definition) is 2. The van der Waals surface area contributed by atoms with Crippen LogP contribution in [0.2, 0.25) is 0 Å². The van der Waals surface area contributed by atoms with Gasteiger partial charge < -0.3 is 10.4 Å². The molecular formula is C16H14F3NO. The number of anilines is 1. The Morgan fingerprint density at radius 3 is 2.33 bits per heavy atom. The third-order valence-electron chi connectivity index (χ3n) is 3.66. The molecule has 3 rings (SSSR count). The fourth-order valence-electron chi connectivity index (χ4n) is 2.52. The first-order valence-electron chi connectivity index (χ1n) is 6.69. The molecule has 0 bridgehead atoms. The van der Waals surface area contributed by atoms with Gasteiger partial charge in [0, 0.05) is 5.69 Å². The van der Waals surface area contributed by atoms with E-state index in [1.807, 2.05) is 18.2 Å². The average Bonchev–Trinajstić information content (AvgIpc) is 2.46. The first-order chi connectivity index (χ1) is 9.93. The minimum absolute atomic E-state index is 0.533. The quantitative estimate of drug-likeness (QED) is 0.831. The second kappa shape index (κ2) is 5.07. The second-order valence-electron chi connectivity index (χ2n) is 5.15. The van der Waals surface area contributed by atoms with Crippen molar-refractivity contribution in [3.63, 3.8) is 0 Å². The maximum Gasteiger partial charge on any atom is 0.416 e. The van der Waals surface area contributed by atoms with Gasteiger partial charge in [0.05, 0.1) is 5.56 Å². The Hall–Kier alpha value is -2.01. The van der Waals surface area contributed by atoms with Crippen LogP contribution in [0.15, 0.2) is 42.5 Å². The molecule has 5 heteroatoms. The smallest absolute Gasteiger partial charge is 0.374 e. The Labute approximate surface area is 120 Å². The number of alkyl halides is 3. The van der Waals surface area contributed by atoms with E-state index in [9.17, 15) is 18.3 Å². The number of benzene rings is 2. The Bertz CT molecular complexity index is 650. The number of nitrogens with one attached hydrogen (secondary N) is 1. The van der Waals surface area contributed by atoms with Crippen molar-refractivity contribution < 1.29 is 18.3 Å². The lowest BCUT2D eigenvalue weighted by atomic mass is 9.96. The highest BCUT2D eigenvalue weighted by molar-refractivity contribution is 5.69. The molecule has 0 aromatic heterocycles. The third-order valence-corrected chi connectivity index (χ3v) is 3.66. The van der Waals surface area contributed by atoms with Crippen molar-refractivity contribution in [2.45, 2.75) is 25.2 Å². The molecule has 21 heavy (non-hydrogen) atoms. The van der Waals surface area contributed by atoms with E-state index in [0.29, 0.717) is 6.42 Å². The van der Waals surface area contributed by atoms with Crippen molar-refractivity contribution >= 4 is 5.69 Å². The van der Waals surface area contributed by atoms with Crippen LogP contribution in [0.1, 0.15) is 17.5 Å². The molecule has 1 unspecified atom stereocenters. The second-order valence-corrected chi connectivity index (χ2v) is 5.15. The van der Waals surface area contributed by atoms with Gasteiger partial charge in [0.15, 0.2) is 0 Å². The number of aliphatic hydroxyl groups is 1. The molecule has 1 aliphatic rings. The average molecular weight is 293 g/mol. The number of aryl methyl sites for hydroxylation is 1. The van der Waals surface area contributed by atoms with Gasteiger partial charge in [0.1, 0.15) is 6.23 Å². The summed E-state index contributed by atoms with van der Waals surface area (Å²) in [4.78, 5) is 0. The molecule has 0 fully saturated rings. The highest BCUT2D eigenvalue weighted by Gasteiger charge is 2.30. The molecule has 1 heterocycles. The number of hydrogen-bond acceptors (Lipinski definition) is 2. The van der Waals surface area contributed by atoms with Crippen LogP contribution < -0.4 is 5.32 Å². The monoisotopic (exact) mass is 293 g/mol. The summed E-state index contributed by atoms with van der Waals surface area (Å²) in [5.41, 5.74) is 2.92. The predicted molar refractivity (Wildman–Crippen MR) is 74.8 cm³/mol. The number of rotatable bonds is 1. The van der Waals surface area contributed by atoms with Crippen LogP contribution in [0.25, 0.3) is 11.1 Å². The van der Waals surface area contributed by atoms with Gasteiger partial charge in [-0.15, -0.1) is 0 Å². The van der Waals surface area contributed by atoms with Crippen LogP contribution in [-0.2, 0) is 12.6 Å². The van der Waals surface area contributed by atoms with E-state index >= 15 is 0 Å². The van der Waals surface area contributed by atoms with Crippen molar-refractivity contribution in [2.75, 3.05) is 5.32 Å². The van der Waals surface area contributed by atoms with Gasteiger partial charge in [0.25, 0.3) is 0 Å². The molecule has 1 aliphatic heterocycles. The van der Waals surface area contributed by atoms with E-state index in [1.54, 1.807) is 0 Å². The predicted octanol–water partition coefficient (Wildman–Crippen LogP) is 4.05. The minimum Gasteiger partial charge on any atom is -0.374 e. The van der Waals surface area contributed by atoms with Crippen molar-refractivity contribution in [3.8, 4) is 11.1 Å². The zero-order valence-electron chi connectivity index (χ0n) is 11.1. The Morgan fingerprint density at radius 2 is 1.67 bits per heavy atom. The van der Waals surface area contributed by atoms with Gasteiger partial charge in [0.2, 0.25) is 0 Å². The van der Waals surface area contributed by atoms with Crippen molar-refractivity contribution in [1.29, 1.82) is 0 Å². The van der Waals surface area contributed by atoms with Crippen LogP contribution in [-0.4, -0.2) is 11.3 Å². The Morgan fingerprint density at radius 1 is 1.00 bits per heavy atom. The lowest BCUT2D eigenvalue weighted by molar-refractivity contribution is -0.137. The first kappa shape index (κ1) is 13.9. The Kier molecular flexibility index (Phi) is 3.37. The summed E-state index contributed by atoms with van der Waals surface area (Å²) in [6, 6.07) is 10.8. The number of halogens is 3. The van der Waals surface area contributed by atoms with Crippen LogP contribution in [0.3, 0.4) is 0 Å². The van der Waals surface area contributed by atoms with Gasteiger partial charge in [-0.2, -0.15) is 13.2 Å². The summed E-state index contributed by atoms with van der Waals surface area (Å²) in [7, 11) is 0. The van der Waals surface area contributed by atoms with E-state index in [1.165, 1.54) is 12.1 Å². The van der Waals surface area contributed by atoms with Gasteiger partial charge in [-0.3, -0.25) is 0 Å². The lowest BCUT2D eigenvalue weighted by Gasteiger charge is -2.23. The van der Waals surface area contributed by atoms with Gasteiger partial charge >= 0.3 is 6.18 Å². The van der Waals surface area contributed by atoms with Crippen LogP contribution in [0, 0.1) is 0 Å². The maximum atomic E-state index is 12.6. The molecule has 2 aromatic carbocycles. The summed E-state index contributed by atoms with van der Waals surface area (Å²) in [5, 5.41) is 12.5. The van der Waals surface area contributed by atoms with Crippen molar-refractivity contribution in [1.82, 2.24) is 0 Å². The fourth-order valence-corrected chi connectivity index (χ4v) is 2.52. The molecule has 1 atom stereocenters. The molecular weight excluding hydrogens is 279 g/mol. The van der Waals surface area contributed by atoms with Gasteiger partial charge in [-0.05, 0) is 53.8 Å². The molecule has 0 aliphatic carbocycles. The van der Waals surface area contributed by atoms with Gasteiger partial charge in [-0.1, -0.05) is 18.2 Å². The van der Waals surface area contributed by atoms with E-state index < -0.39 is 18.0 Å². The number of fused-ring (bicyclic) bond motifs is 1. The first-order valence-corrected chi connectivity index (χ1v) is 6.69. The topological polar surface area (TPSA) is 32.3 Å². The summed E-state index contributed by atoms with van der Waals surface area (Å²) in [6.45, 7) is 0. The highest BCUT2D eigenvalue weighted by atomic mass is 19.4. The lowest BCUT2D eigenvalue weighted by Crippen LogP contribution is -2.24. The molecule has 2 aromatic rings. The van der Waals surface area contributed by atoms with Crippen LogP contribution >= 0.6 is 0 Å². The third kappa shape index (κ3) is 2.88. The molecule has 2 N–H and O–H groups in total. The molecule has 110 valence electrons. The largest absolute Gasteiger partial charge is 0.416 e. The summed E-state index contributed by atoms with van der Waals surface area (Å²) in [5.74, 6) is 0. The SMILES string of the molecule is OC1CCc2cc(-c3ccc(C(F)(F)F)cc3)ccc2N1. The van der Waals surface area contributed by atoms with E-state index in [4.69, 9.17) is 0 Å². The number of aliphatic hydroxyl groups excluding tert-OH is 1. The summed E-state index contributed by atoms with van der Waals surface area (Å²) >= 11 is 0. The molecule has 2 nitrogen and oxygen atoms in total. The van der Waals surface area contributed by atoms with Crippen LogP contribution in [0.4, 0.5) is 18.9 Å². The molecule has 0 amide bonds. The zero-order chi connectivity index (χ0) is 15.0. The summed E-state index contributed by atoms with van der Waals surface area (Å²) < 4.78 is 37.7. The van der Waals surface area contributed by atoms with Crippen LogP contribution in [0.5, 0.6) is 0 Å². The summed E-state index contributed by atoms with van der Waals surface area (Å²) in [6.07, 6.45) is -3.47. The standard InChI is InChI=1S/C16H14F3NO/c17-16(18,19)13-5-1-10(2-6-13)11-3-7-14-12(9-11)4-8-15(21)20-14/h1-3,5-7,9,15,20-21H,4,8H2. The Balaban J connectivity index is 1.91. The van der Waals surface area contributed by atoms with E-state index in [0.717, 1.165) is 40.9 Å². The maximum absolute atomic E-state index is 12.6. The fraction of sp³-hybridized carbons (Fsp3) is 0.250. The molecule has 0 spiro atoms. The molecule has 0 saturated carbocycles.